The van der Waals surface area contributed by atoms with Crippen molar-refractivity contribution in [1.82, 2.24) is 9.62 Å². The Bertz CT molecular complexity index is 697. The molecule has 3 rings (SSSR count). The number of amides is 1. The van der Waals surface area contributed by atoms with E-state index >= 15 is 0 Å². The van der Waals surface area contributed by atoms with E-state index in [-0.39, 0.29) is 24.7 Å². The molecule has 1 aromatic heterocycles. The zero-order chi connectivity index (χ0) is 15.8. The van der Waals surface area contributed by atoms with Gasteiger partial charge in [-0.1, -0.05) is 5.16 Å². The van der Waals surface area contributed by atoms with E-state index in [1.807, 2.05) is 0 Å². The molecule has 0 bridgehead atoms. The van der Waals surface area contributed by atoms with E-state index in [0.717, 1.165) is 0 Å². The molecule has 1 spiro atoms. The van der Waals surface area contributed by atoms with E-state index in [4.69, 9.17) is 9.25 Å². The monoisotopic (exact) mass is 327 g/mol. The molecule has 0 aliphatic carbocycles. The molecule has 1 fully saturated rings. The summed E-state index contributed by atoms with van der Waals surface area (Å²) in [4.78, 5) is 17.5. The number of carbonyl (C=O) groups excluding carboxylic acids is 1. The highest BCUT2D eigenvalue weighted by molar-refractivity contribution is 7.88. The fraction of sp³-hybridized carbons (Fsp3) is 0.538. The lowest BCUT2D eigenvalue weighted by atomic mass is 9.96. The van der Waals surface area contributed by atoms with Crippen molar-refractivity contribution < 1.29 is 22.5 Å². The molecule has 22 heavy (non-hydrogen) atoms. The Morgan fingerprint density at radius 1 is 1.55 bits per heavy atom. The van der Waals surface area contributed by atoms with Crippen LogP contribution < -0.4 is 5.32 Å². The summed E-state index contributed by atoms with van der Waals surface area (Å²) < 4.78 is 29.6. The van der Waals surface area contributed by atoms with Gasteiger partial charge in [0.15, 0.2) is 5.60 Å². The maximum Gasteiger partial charge on any atom is 0.269 e. The molecular formula is C13H17N3O5S. The second-order valence-corrected chi connectivity index (χ2v) is 7.58. The molecule has 120 valence electrons. The van der Waals surface area contributed by atoms with Gasteiger partial charge >= 0.3 is 0 Å². The van der Waals surface area contributed by atoms with Gasteiger partial charge in [0.2, 0.25) is 10.0 Å². The predicted molar refractivity (Wildman–Crippen MR) is 77.5 cm³/mol. The smallest absolute Gasteiger partial charge is 0.269 e. The number of carbonyl (C=O) groups is 1. The topological polar surface area (TPSA) is 101 Å². The Kier molecular flexibility index (Phi) is 3.69. The van der Waals surface area contributed by atoms with Crippen LogP contribution >= 0.6 is 0 Å². The van der Waals surface area contributed by atoms with Crippen LogP contribution in [0.3, 0.4) is 0 Å². The minimum Gasteiger partial charge on any atom is -0.467 e. The first kappa shape index (κ1) is 15.0. The molecule has 2 aliphatic heterocycles. The number of oxime groups is 1. The van der Waals surface area contributed by atoms with Crippen LogP contribution in [-0.2, 0) is 26.2 Å². The Hall–Kier alpha value is -1.87. The van der Waals surface area contributed by atoms with Gasteiger partial charge in [0, 0.05) is 19.4 Å². The Labute approximate surface area is 128 Å². The van der Waals surface area contributed by atoms with Crippen LogP contribution in [0.5, 0.6) is 0 Å². The van der Waals surface area contributed by atoms with Gasteiger partial charge in [-0.25, -0.2) is 8.42 Å². The minimum absolute atomic E-state index is 0.226. The number of rotatable bonds is 4. The molecule has 1 N–H and O–H groups in total. The van der Waals surface area contributed by atoms with Crippen molar-refractivity contribution >= 4 is 21.6 Å². The number of nitrogens with one attached hydrogen (secondary N) is 1. The van der Waals surface area contributed by atoms with Crippen molar-refractivity contribution in [3.63, 3.8) is 0 Å². The van der Waals surface area contributed by atoms with Gasteiger partial charge in [0.05, 0.1) is 25.6 Å². The van der Waals surface area contributed by atoms with Crippen LogP contribution in [0.1, 0.15) is 18.6 Å². The summed E-state index contributed by atoms with van der Waals surface area (Å²) in [7, 11) is -3.25. The standard InChI is InChI=1S/C13H17N3O5S/c1-22(18,19)16-5-4-13(9-16)7-11(15-21-13)12(17)14-8-10-3-2-6-20-10/h2-3,6H,4-5,7-9H2,1H3,(H,14,17). The number of sulfonamides is 1. The molecule has 1 aromatic rings. The fourth-order valence-electron chi connectivity index (χ4n) is 2.64. The third-order valence-corrected chi connectivity index (χ3v) is 5.10. The van der Waals surface area contributed by atoms with Crippen LogP contribution in [0.15, 0.2) is 28.0 Å². The normalized spacial score (nSPS) is 25.2. The molecule has 1 amide bonds. The van der Waals surface area contributed by atoms with Gasteiger partial charge in [0.1, 0.15) is 11.5 Å². The molecule has 8 nitrogen and oxygen atoms in total. The van der Waals surface area contributed by atoms with Crippen molar-refractivity contribution in [3.05, 3.63) is 24.2 Å². The first-order valence-corrected chi connectivity index (χ1v) is 8.74. The van der Waals surface area contributed by atoms with Crippen LogP contribution in [0.2, 0.25) is 0 Å². The van der Waals surface area contributed by atoms with Crippen molar-refractivity contribution in [2.75, 3.05) is 19.3 Å². The number of nitrogens with zero attached hydrogens (tertiary/aromatic N) is 2. The van der Waals surface area contributed by atoms with E-state index < -0.39 is 15.6 Å². The number of hydrogen-bond donors (Lipinski definition) is 1. The average Bonchev–Trinajstić information content (AvgIpc) is 3.17. The highest BCUT2D eigenvalue weighted by Crippen LogP contribution is 2.34. The summed E-state index contributed by atoms with van der Waals surface area (Å²) in [5.41, 5.74) is -0.428. The van der Waals surface area contributed by atoms with E-state index in [9.17, 15) is 13.2 Å². The van der Waals surface area contributed by atoms with Crippen molar-refractivity contribution in [2.45, 2.75) is 25.0 Å². The van der Waals surface area contributed by atoms with Crippen LogP contribution in [0.4, 0.5) is 0 Å². The molecule has 0 aromatic carbocycles. The van der Waals surface area contributed by atoms with Crippen molar-refractivity contribution in [2.24, 2.45) is 5.16 Å². The minimum atomic E-state index is -3.25. The summed E-state index contributed by atoms with van der Waals surface area (Å²) in [6, 6.07) is 3.50. The van der Waals surface area contributed by atoms with E-state index in [1.165, 1.54) is 16.8 Å². The molecule has 2 aliphatic rings. The SMILES string of the molecule is CS(=O)(=O)N1CCC2(CC(C(=O)NCc3ccco3)=NO2)C1. The molecule has 1 unspecified atom stereocenters. The first-order valence-electron chi connectivity index (χ1n) is 6.89. The van der Waals surface area contributed by atoms with Crippen molar-refractivity contribution in [1.29, 1.82) is 0 Å². The van der Waals surface area contributed by atoms with Gasteiger partial charge in [-0.05, 0) is 12.1 Å². The second-order valence-electron chi connectivity index (χ2n) is 5.60. The molecule has 0 saturated carbocycles. The quantitative estimate of drug-likeness (QED) is 0.844. The van der Waals surface area contributed by atoms with Crippen LogP contribution in [-0.4, -0.2) is 49.3 Å². The Morgan fingerprint density at radius 2 is 2.36 bits per heavy atom. The van der Waals surface area contributed by atoms with Gasteiger partial charge in [-0.15, -0.1) is 0 Å². The lowest BCUT2D eigenvalue weighted by molar-refractivity contribution is -0.115. The van der Waals surface area contributed by atoms with Crippen LogP contribution in [0, 0.1) is 0 Å². The third-order valence-electron chi connectivity index (χ3n) is 3.85. The summed E-state index contributed by atoms with van der Waals surface area (Å²) in [6.45, 7) is 0.882. The van der Waals surface area contributed by atoms with Crippen molar-refractivity contribution in [3.8, 4) is 0 Å². The van der Waals surface area contributed by atoms with E-state index in [1.54, 1.807) is 12.1 Å². The summed E-state index contributed by atoms with van der Waals surface area (Å²) >= 11 is 0. The van der Waals surface area contributed by atoms with Gasteiger partial charge in [-0.2, -0.15) is 4.31 Å². The zero-order valence-corrected chi connectivity index (χ0v) is 12.9. The lowest BCUT2D eigenvalue weighted by Gasteiger charge is -2.20. The largest absolute Gasteiger partial charge is 0.467 e. The summed E-state index contributed by atoms with van der Waals surface area (Å²) in [5, 5.41) is 6.54. The highest BCUT2D eigenvalue weighted by Gasteiger charge is 2.48. The summed E-state index contributed by atoms with van der Waals surface area (Å²) in [6.07, 6.45) is 3.53. The van der Waals surface area contributed by atoms with Gasteiger partial charge in [0.25, 0.3) is 5.91 Å². The molecular weight excluding hydrogens is 310 g/mol. The maximum absolute atomic E-state index is 12.1. The zero-order valence-electron chi connectivity index (χ0n) is 12.1. The lowest BCUT2D eigenvalue weighted by Crippen LogP contribution is -2.38. The van der Waals surface area contributed by atoms with E-state index in [2.05, 4.69) is 10.5 Å². The maximum atomic E-state index is 12.1. The molecule has 1 atom stereocenters. The Morgan fingerprint density at radius 3 is 3.00 bits per heavy atom. The highest BCUT2D eigenvalue weighted by atomic mass is 32.2. The van der Waals surface area contributed by atoms with Gasteiger partial charge < -0.3 is 14.6 Å². The van der Waals surface area contributed by atoms with Crippen LogP contribution in [0.25, 0.3) is 0 Å². The predicted octanol–water partition coefficient (Wildman–Crippen LogP) is 0.0762. The molecule has 0 radical (unpaired) electrons. The number of furan rings is 1. The Balaban J connectivity index is 1.57. The number of hydrogen-bond acceptors (Lipinski definition) is 6. The second kappa shape index (κ2) is 5.40. The third kappa shape index (κ3) is 3.00. The molecule has 3 heterocycles. The average molecular weight is 327 g/mol. The summed E-state index contributed by atoms with van der Waals surface area (Å²) in [5.74, 6) is 0.317. The fourth-order valence-corrected chi connectivity index (χ4v) is 3.53. The first-order chi connectivity index (χ1) is 10.4. The molecule has 9 heteroatoms. The molecule has 1 saturated heterocycles. The van der Waals surface area contributed by atoms with Gasteiger partial charge in [-0.3, -0.25) is 4.79 Å². The van der Waals surface area contributed by atoms with E-state index in [0.29, 0.717) is 25.1 Å².